The molecule has 0 radical (unpaired) electrons. The molecule has 4 rings (SSSR count). The van der Waals surface area contributed by atoms with Gasteiger partial charge in [0, 0.05) is 60.6 Å². The smallest absolute Gasteiger partial charge is 0.407 e. The van der Waals surface area contributed by atoms with E-state index < -0.39 is 39.8 Å². The highest BCUT2D eigenvalue weighted by molar-refractivity contribution is 7.88. The minimum Gasteiger partial charge on any atom is -0.453 e. The minimum absolute atomic E-state index is 0.00268. The number of benzene rings is 2. The number of sulfonamides is 1. The van der Waals surface area contributed by atoms with Crippen molar-refractivity contribution in [3.05, 3.63) is 64.4 Å². The van der Waals surface area contributed by atoms with Crippen molar-refractivity contribution in [2.24, 2.45) is 5.92 Å². The van der Waals surface area contributed by atoms with Gasteiger partial charge in [0.05, 0.1) is 13.4 Å². The van der Waals surface area contributed by atoms with E-state index in [1.165, 1.54) is 29.8 Å². The van der Waals surface area contributed by atoms with Crippen LogP contribution in [-0.4, -0.2) is 82.5 Å². The van der Waals surface area contributed by atoms with Crippen LogP contribution in [0.1, 0.15) is 49.7 Å². The number of rotatable bonds is 11. The average molecular weight is 653 g/mol. The third-order valence-electron chi connectivity index (χ3n) is 8.57. The maximum absolute atomic E-state index is 15.3. The molecule has 3 N–H and O–H groups in total. The molecule has 2 heterocycles. The highest BCUT2D eigenvalue weighted by atomic mass is 35.5. The van der Waals surface area contributed by atoms with Crippen molar-refractivity contribution < 1.29 is 31.9 Å². The van der Waals surface area contributed by atoms with Crippen LogP contribution in [0.25, 0.3) is 0 Å². The number of carbonyl (C=O) groups excluding carboxylic acids is 2. The lowest BCUT2D eigenvalue weighted by Gasteiger charge is -2.40. The van der Waals surface area contributed by atoms with Crippen LogP contribution in [0.2, 0.25) is 5.02 Å². The second kappa shape index (κ2) is 15.5. The Hall–Kier alpha value is -2.77. The van der Waals surface area contributed by atoms with Crippen molar-refractivity contribution in [2.45, 2.75) is 63.1 Å². The molecule has 2 aromatic rings. The normalized spacial score (nSPS) is 21.3. The first-order chi connectivity index (χ1) is 21.0. The van der Waals surface area contributed by atoms with Gasteiger partial charge in [-0.2, -0.15) is 4.31 Å². The third-order valence-corrected chi connectivity index (χ3v) is 10.2. The molecule has 0 saturated carbocycles. The molecular weight excluding hydrogens is 611 g/mol. The van der Waals surface area contributed by atoms with Crippen LogP contribution in [0.15, 0.2) is 42.5 Å². The minimum atomic E-state index is -3.49. The molecule has 0 aliphatic carbocycles. The Morgan fingerprint density at radius 1 is 1.14 bits per heavy atom. The number of methoxy groups -OCH3 is 1. The van der Waals surface area contributed by atoms with E-state index in [0.717, 1.165) is 5.56 Å². The van der Waals surface area contributed by atoms with Crippen molar-refractivity contribution in [2.75, 3.05) is 45.0 Å². The molecule has 0 aromatic heterocycles. The topological polar surface area (TPSA) is 126 Å². The van der Waals surface area contributed by atoms with Crippen molar-refractivity contribution in [1.82, 2.24) is 14.9 Å². The number of carbonyl (C=O) groups is 2. The SMILES string of the molecule is CC[C@H]1CNC[C@H](CCc2c(F)cccc2NC(=O)[C@@H](NC(=O)OC)[C@@H](c2ccc(Cl)cc2)C2CCOCC2)N1S(C)(=O)=O. The van der Waals surface area contributed by atoms with Crippen molar-refractivity contribution >= 4 is 39.3 Å². The molecule has 2 aromatic carbocycles. The van der Waals surface area contributed by atoms with Gasteiger partial charge >= 0.3 is 6.09 Å². The Balaban J connectivity index is 1.63. The number of amides is 2. The molecule has 242 valence electrons. The second-order valence-electron chi connectivity index (χ2n) is 11.4. The Bertz CT molecular complexity index is 1390. The molecule has 2 aliphatic heterocycles. The lowest BCUT2D eigenvalue weighted by molar-refractivity contribution is -0.119. The molecular formula is C31H42ClFN4O6S. The zero-order valence-electron chi connectivity index (χ0n) is 25.4. The predicted octanol–water partition coefficient (Wildman–Crippen LogP) is 4.30. The van der Waals surface area contributed by atoms with E-state index >= 15 is 4.39 Å². The summed E-state index contributed by atoms with van der Waals surface area (Å²) in [6.45, 7) is 3.98. The number of hydrogen-bond donors (Lipinski definition) is 3. The molecule has 2 saturated heterocycles. The van der Waals surface area contributed by atoms with Gasteiger partial charge in [0.15, 0.2) is 0 Å². The number of halogens is 2. The van der Waals surface area contributed by atoms with E-state index in [1.54, 1.807) is 18.2 Å². The van der Waals surface area contributed by atoms with Crippen LogP contribution in [0.3, 0.4) is 0 Å². The summed E-state index contributed by atoms with van der Waals surface area (Å²) in [5.41, 5.74) is 1.34. The second-order valence-corrected chi connectivity index (χ2v) is 13.7. The number of anilines is 1. The highest BCUT2D eigenvalue weighted by Gasteiger charge is 2.39. The van der Waals surface area contributed by atoms with Crippen molar-refractivity contribution in [1.29, 1.82) is 0 Å². The van der Waals surface area contributed by atoms with E-state index in [2.05, 4.69) is 16.0 Å². The lowest BCUT2D eigenvalue weighted by atomic mass is 9.76. The summed E-state index contributed by atoms with van der Waals surface area (Å²) in [7, 11) is -2.27. The average Bonchev–Trinajstić information content (AvgIpc) is 3.01. The van der Waals surface area contributed by atoms with E-state index in [-0.39, 0.29) is 35.7 Å². The quantitative estimate of drug-likeness (QED) is 0.331. The van der Waals surface area contributed by atoms with Crippen molar-refractivity contribution in [3.63, 3.8) is 0 Å². The molecule has 13 heteroatoms. The molecule has 4 atom stereocenters. The van der Waals surface area contributed by atoms with Gasteiger partial charge in [-0.15, -0.1) is 0 Å². The van der Waals surface area contributed by atoms with E-state index in [0.29, 0.717) is 57.0 Å². The lowest BCUT2D eigenvalue weighted by Crippen LogP contribution is -2.58. The number of nitrogens with one attached hydrogen (secondary N) is 3. The Labute approximate surface area is 264 Å². The molecule has 0 bridgehead atoms. The zero-order valence-corrected chi connectivity index (χ0v) is 26.9. The summed E-state index contributed by atoms with van der Waals surface area (Å²) >= 11 is 6.16. The third kappa shape index (κ3) is 8.48. The van der Waals surface area contributed by atoms with Gasteiger partial charge in [0.2, 0.25) is 15.9 Å². The van der Waals surface area contributed by atoms with Crippen LogP contribution < -0.4 is 16.0 Å². The largest absolute Gasteiger partial charge is 0.453 e. The van der Waals surface area contributed by atoms with E-state index in [9.17, 15) is 18.0 Å². The summed E-state index contributed by atoms with van der Waals surface area (Å²) in [6.07, 6.45) is 2.96. The number of ether oxygens (including phenoxy) is 2. The van der Waals surface area contributed by atoms with E-state index in [1.807, 2.05) is 19.1 Å². The fraction of sp³-hybridized carbons (Fsp3) is 0.548. The zero-order chi connectivity index (χ0) is 31.9. The maximum atomic E-state index is 15.3. The van der Waals surface area contributed by atoms with Crippen LogP contribution in [0.5, 0.6) is 0 Å². The maximum Gasteiger partial charge on any atom is 0.407 e. The van der Waals surface area contributed by atoms with Gasteiger partial charge in [0.25, 0.3) is 0 Å². The molecule has 0 unspecified atom stereocenters. The summed E-state index contributed by atoms with van der Waals surface area (Å²) in [5.74, 6) is -1.50. The Morgan fingerprint density at radius 2 is 1.82 bits per heavy atom. The van der Waals surface area contributed by atoms with Gasteiger partial charge in [-0.1, -0.05) is 36.7 Å². The van der Waals surface area contributed by atoms with Crippen LogP contribution in [-0.2, 0) is 30.7 Å². The molecule has 2 aliphatic rings. The van der Waals surface area contributed by atoms with Gasteiger partial charge < -0.3 is 25.4 Å². The van der Waals surface area contributed by atoms with Gasteiger partial charge in [-0.25, -0.2) is 17.6 Å². The van der Waals surface area contributed by atoms with Gasteiger partial charge in [-0.3, -0.25) is 4.79 Å². The van der Waals surface area contributed by atoms with Gasteiger partial charge in [-0.05, 0) is 67.9 Å². The Kier molecular flexibility index (Phi) is 12.0. The number of hydrogen-bond acceptors (Lipinski definition) is 7. The van der Waals surface area contributed by atoms with E-state index in [4.69, 9.17) is 21.1 Å². The highest BCUT2D eigenvalue weighted by Crippen LogP contribution is 2.36. The molecule has 44 heavy (non-hydrogen) atoms. The predicted molar refractivity (Wildman–Crippen MR) is 168 cm³/mol. The van der Waals surface area contributed by atoms with Crippen LogP contribution in [0.4, 0.5) is 14.9 Å². The first-order valence-electron chi connectivity index (χ1n) is 15.0. The molecule has 0 spiro atoms. The van der Waals surface area contributed by atoms with Crippen LogP contribution >= 0.6 is 11.6 Å². The standard InChI is InChI=1S/C31H42ClFN4O6S/c1-4-23-18-34-19-24(37(23)44(3,40)41)12-13-25-26(33)6-5-7-27(25)35-30(38)29(36-31(39)42-2)28(21-14-16-43-17-15-21)20-8-10-22(32)11-9-20/h5-11,21,23-24,28-29,34H,4,12-19H2,1-3H3,(H,35,38)(H,36,39)/t23-,24-,28-,29-/m0/s1. The summed E-state index contributed by atoms with van der Waals surface area (Å²) < 4.78 is 52.7. The number of alkyl carbamates (subject to hydrolysis) is 1. The molecule has 2 amide bonds. The Morgan fingerprint density at radius 3 is 2.45 bits per heavy atom. The monoisotopic (exact) mass is 652 g/mol. The summed E-state index contributed by atoms with van der Waals surface area (Å²) in [6, 6.07) is 9.96. The first-order valence-corrected chi connectivity index (χ1v) is 17.2. The first kappa shape index (κ1) is 34.1. The fourth-order valence-electron chi connectivity index (χ4n) is 6.44. The molecule has 2 fully saturated rings. The van der Waals surface area contributed by atoms with Crippen molar-refractivity contribution in [3.8, 4) is 0 Å². The van der Waals surface area contributed by atoms with Gasteiger partial charge in [0.1, 0.15) is 11.9 Å². The summed E-state index contributed by atoms with van der Waals surface area (Å²) in [5, 5.41) is 9.44. The van der Waals surface area contributed by atoms with Crippen LogP contribution in [0, 0.1) is 11.7 Å². The number of piperazine rings is 1. The summed E-state index contributed by atoms with van der Waals surface area (Å²) in [4.78, 5) is 26.6. The molecule has 10 nitrogen and oxygen atoms in total. The number of nitrogens with zero attached hydrogens (tertiary/aromatic N) is 1. The fourth-order valence-corrected chi connectivity index (χ4v) is 8.05.